The van der Waals surface area contributed by atoms with Crippen molar-refractivity contribution in [2.24, 2.45) is 0 Å². The highest BCUT2D eigenvalue weighted by atomic mass is 19.1. The van der Waals surface area contributed by atoms with Crippen LogP contribution in [0.15, 0.2) is 48.8 Å². The molecule has 1 N–H and O–H groups in total. The van der Waals surface area contributed by atoms with Crippen LogP contribution in [0, 0.1) is 5.82 Å². The third-order valence-corrected chi connectivity index (χ3v) is 2.50. The summed E-state index contributed by atoms with van der Waals surface area (Å²) in [6, 6.07) is 9.33. The Kier molecular flexibility index (Phi) is 4.15. The van der Waals surface area contributed by atoms with Crippen molar-refractivity contribution < 1.29 is 9.18 Å². The first-order chi connectivity index (χ1) is 8.75. The van der Waals surface area contributed by atoms with Crippen LogP contribution in [0.2, 0.25) is 0 Å². The lowest BCUT2D eigenvalue weighted by Crippen LogP contribution is -2.22. The number of pyridine rings is 1. The second-order valence-corrected chi connectivity index (χ2v) is 3.89. The Balaban J connectivity index is 1.84. The lowest BCUT2D eigenvalue weighted by atomic mass is 10.1. The molecule has 0 aliphatic carbocycles. The Morgan fingerprint density at radius 3 is 2.67 bits per heavy atom. The summed E-state index contributed by atoms with van der Waals surface area (Å²) in [7, 11) is 0. The molecule has 0 spiro atoms. The van der Waals surface area contributed by atoms with Crippen LogP contribution in [-0.4, -0.2) is 17.3 Å². The maximum atomic E-state index is 12.7. The molecule has 0 atom stereocenters. The zero-order valence-corrected chi connectivity index (χ0v) is 9.77. The number of halogens is 1. The Hall–Kier alpha value is -2.07. The van der Waals surface area contributed by atoms with E-state index in [-0.39, 0.29) is 18.1 Å². The van der Waals surface area contributed by atoms with Crippen LogP contribution in [0.3, 0.4) is 0 Å². The van der Waals surface area contributed by atoms with Crippen LogP contribution in [0.5, 0.6) is 0 Å². The van der Waals surface area contributed by atoms with E-state index in [4.69, 9.17) is 0 Å². The average molecular weight is 244 g/mol. The van der Waals surface area contributed by atoms with Crippen LogP contribution in [0.1, 0.15) is 15.9 Å². The summed E-state index contributed by atoms with van der Waals surface area (Å²) >= 11 is 0. The van der Waals surface area contributed by atoms with Crippen molar-refractivity contribution in [2.75, 3.05) is 6.54 Å². The summed E-state index contributed by atoms with van der Waals surface area (Å²) < 4.78 is 12.7. The molecule has 0 fully saturated rings. The van der Waals surface area contributed by atoms with Crippen LogP contribution < -0.4 is 5.32 Å². The standard InChI is InChI=1S/C14H13FN2O/c15-13-5-3-12(4-6-13)14(18)10-17-9-11-2-1-7-16-8-11/h1-8,17H,9-10H2. The van der Waals surface area contributed by atoms with Gasteiger partial charge >= 0.3 is 0 Å². The van der Waals surface area contributed by atoms with Crippen molar-refractivity contribution in [2.45, 2.75) is 6.54 Å². The number of benzene rings is 1. The number of rotatable bonds is 5. The van der Waals surface area contributed by atoms with E-state index in [2.05, 4.69) is 10.3 Å². The largest absolute Gasteiger partial charge is 0.306 e. The molecule has 3 nitrogen and oxygen atoms in total. The molecule has 4 heteroatoms. The van der Waals surface area contributed by atoms with Crippen molar-refractivity contribution >= 4 is 5.78 Å². The van der Waals surface area contributed by atoms with Gasteiger partial charge < -0.3 is 5.32 Å². The van der Waals surface area contributed by atoms with Gasteiger partial charge in [0, 0.05) is 24.5 Å². The van der Waals surface area contributed by atoms with Crippen LogP contribution in [0.4, 0.5) is 4.39 Å². The third kappa shape index (κ3) is 3.46. The molecule has 92 valence electrons. The zero-order valence-electron chi connectivity index (χ0n) is 9.77. The monoisotopic (exact) mass is 244 g/mol. The highest BCUT2D eigenvalue weighted by Crippen LogP contribution is 2.03. The van der Waals surface area contributed by atoms with E-state index >= 15 is 0 Å². The van der Waals surface area contributed by atoms with Crippen molar-refractivity contribution in [3.8, 4) is 0 Å². The number of aromatic nitrogens is 1. The van der Waals surface area contributed by atoms with E-state index in [1.54, 1.807) is 12.4 Å². The number of Topliss-reactive ketones (excluding diaryl/α,β-unsaturated/α-hetero) is 1. The minimum Gasteiger partial charge on any atom is -0.306 e. The number of hydrogen-bond donors (Lipinski definition) is 1. The normalized spacial score (nSPS) is 10.3. The van der Waals surface area contributed by atoms with Crippen molar-refractivity contribution in [3.63, 3.8) is 0 Å². The lowest BCUT2D eigenvalue weighted by molar-refractivity contribution is 0.0990. The van der Waals surface area contributed by atoms with E-state index in [0.29, 0.717) is 12.1 Å². The number of ketones is 1. The van der Waals surface area contributed by atoms with Gasteiger partial charge in [0.15, 0.2) is 5.78 Å². The molecule has 1 heterocycles. The summed E-state index contributed by atoms with van der Waals surface area (Å²) in [6.07, 6.45) is 3.45. The Morgan fingerprint density at radius 2 is 2.00 bits per heavy atom. The molecule has 2 aromatic rings. The van der Waals surface area contributed by atoms with Gasteiger partial charge in [-0.05, 0) is 35.9 Å². The van der Waals surface area contributed by atoms with Gasteiger partial charge in [0.05, 0.1) is 6.54 Å². The highest BCUT2D eigenvalue weighted by molar-refractivity contribution is 5.97. The first kappa shape index (κ1) is 12.4. The molecule has 0 unspecified atom stereocenters. The minimum absolute atomic E-state index is 0.0566. The van der Waals surface area contributed by atoms with E-state index in [9.17, 15) is 9.18 Å². The number of nitrogens with one attached hydrogen (secondary N) is 1. The zero-order chi connectivity index (χ0) is 12.8. The fourth-order valence-corrected chi connectivity index (χ4v) is 1.56. The molecule has 18 heavy (non-hydrogen) atoms. The summed E-state index contributed by atoms with van der Waals surface area (Å²) in [5, 5.41) is 3.03. The topological polar surface area (TPSA) is 42.0 Å². The van der Waals surface area contributed by atoms with E-state index < -0.39 is 0 Å². The Bertz CT molecular complexity index is 511. The molecule has 0 radical (unpaired) electrons. The van der Waals surface area contributed by atoms with E-state index in [0.717, 1.165) is 5.56 Å². The lowest BCUT2D eigenvalue weighted by Gasteiger charge is -2.04. The molecule has 1 aromatic carbocycles. The van der Waals surface area contributed by atoms with Crippen molar-refractivity contribution in [1.29, 1.82) is 0 Å². The van der Waals surface area contributed by atoms with E-state index in [1.807, 2.05) is 12.1 Å². The smallest absolute Gasteiger partial charge is 0.176 e. The Labute approximate surface area is 105 Å². The second kappa shape index (κ2) is 6.02. The molecule has 0 saturated carbocycles. The molecule has 0 amide bonds. The van der Waals surface area contributed by atoms with Gasteiger partial charge in [-0.3, -0.25) is 9.78 Å². The van der Waals surface area contributed by atoms with E-state index in [1.165, 1.54) is 24.3 Å². The van der Waals surface area contributed by atoms with Gasteiger partial charge in [-0.1, -0.05) is 6.07 Å². The van der Waals surface area contributed by atoms with Gasteiger partial charge in [-0.25, -0.2) is 4.39 Å². The van der Waals surface area contributed by atoms with Gasteiger partial charge in [0.25, 0.3) is 0 Å². The molecular formula is C14H13FN2O. The predicted molar refractivity (Wildman–Crippen MR) is 66.7 cm³/mol. The third-order valence-electron chi connectivity index (χ3n) is 2.50. The van der Waals surface area contributed by atoms with Crippen molar-refractivity contribution in [3.05, 3.63) is 65.7 Å². The van der Waals surface area contributed by atoms with Gasteiger partial charge in [-0.15, -0.1) is 0 Å². The molecule has 0 bridgehead atoms. The van der Waals surface area contributed by atoms with Crippen LogP contribution >= 0.6 is 0 Å². The first-order valence-electron chi connectivity index (χ1n) is 5.64. The quantitative estimate of drug-likeness (QED) is 0.820. The van der Waals surface area contributed by atoms with Gasteiger partial charge in [-0.2, -0.15) is 0 Å². The number of hydrogen-bond acceptors (Lipinski definition) is 3. The second-order valence-electron chi connectivity index (χ2n) is 3.89. The summed E-state index contributed by atoms with van der Waals surface area (Å²) in [5.41, 5.74) is 1.53. The predicted octanol–water partition coefficient (Wildman–Crippen LogP) is 2.19. The number of nitrogens with zero attached hydrogens (tertiary/aromatic N) is 1. The number of carbonyl (C=O) groups is 1. The SMILES string of the molecule is O=C(CNCc1cccnc1)c1ccc(F)cc1. The minimum atomic E-state index is -0.338. The summed E-state index contributed by atoms with van der Waals surface area (Å²) in [5.74, 6) is -0.395. The molecule has 0 saturated heterocycles. The van der Waals surface area contributed by atoms with Crippen LogP contribution in [0.25, 0.3) is 0 Å². The maximum absolute atomic E-state index is 12.7. The molecule has 0 aliphatic rings. The fraction of sp³-hybridized carbons (Fsp3) is 0.143. The van der Waals surface area contributed by atoms with Crippen LogP contribution in [-0.2, 0) is 6.54 Å². The van der Waals surface area contributed by atoms with Gasteiger partial charge in [0.2, 0.25) is 0 Å². The first-order valence-corrected chi connectivity index (χ1v) is 5.64. The average Bonchev–Trinajstić information content (AvgIpc) is 2.40. The molecule has 2 rings (SSSR count). The highest BCUT2D eigenvalue weighted by Gasteiger charge is 2.05. The summed E-state index contributed by atoms with van der Waals surface area (Å²) in [6.45, 7) is 0.807. The fourth-order valence-electron chi connectivity index (χ4n) is 1.56. The van der Waals surface area contributed by atoms with Gasteiger partial charge in [0.1, 0.15) is 5.82 Å². The Morgan fingerprint density at radius 1 is 1.22 bits per heavy atom. The van der Waals surface area contributed by atoms with Crippen molar-refractivity contribution in [1.82, 2.24) is 10.3 Å². The molecular weight excluding hydrogens is 231 g/mol. The maximum Gasteiger partial charge on any atom is 0.176 e. The number of carbonyl (C=O) groups excluding carboxylic acids is 1. The summed E-state index contributed by atoms with van der Waals surface area (Å²) in [4.78, 5) is 15.7. The molecule has 1 aromatic heterocycles. The molecule has 0 aliphatic heterocycles.